The molecule has 0 fully saturated rings. The van der Waals surface area contributed by atoms with Crippen molar-refractivity contribution in [2.45, 2.75) is 12.8 Å². The molecule has 1 heterocycles. The summed E-state index contributed by atoms with van der Waals surface area (Å²) in [4.78, 5) is 1.48. The molecule has 0 spiro atoms. The van der Waals surface area contributed by atoms with Crippen molar-refractivity contribution in [2.24, 2.45) is 11.7 Å². The third-order valence-electron chi connectivity index (χ3n) is 3.67. The van der Waals surface area contributed by atoms with Crippen molar-refractivity contribution < 1.29 is 0 Å². The number of fused-ring (bicyclic) bond motifs is 2. The van der Waals surface area contributed by atoms with Crippen LogP contribution in [-0.4, -0.2) is 12.4 Å². The van der Waals surface area contributed by atoms with Gasteiger partial charge in [-0.05, 0) is 52.5 Å². The van der Waals surface area contributed by atoms with Gasteiger partial charge in [0.25, 0.3) is 0 Å². The largest absolute Gasteiger partial charge is 0.330 e. The SMILES string of the molecule is C=S1C=CC2=C1C(CN)CCc1ccccc12. The molecule has 17 heavy (non-hydrogen) atoms. The Balaban J connectivity index is 2.21. The van der Waals surface area contributed by atoms with E-state index in [1.54, 1.807) is 0 Å². The van der Waals surface area contributed by atoms with Gasteiger partial charge in [0.15, 0.2) is 0 Å². The minimum atomic E-state index is 0.0314. The predicted molar refractivity (Wildman–Crippen MR) is 78.1 cm³/mol. The van der Waals surface area contributed by atoms with Gasteiger partial charge in [-0.15, -0.1) is 10.5 Å². The fourth-order valence-corrected chi connectivity index (χ4v) is 4.34. The van der Waals surface area contributed by atoms with E-state index in [9.17, 15) is 0 Å². The molecule has 1 aliphatic carbocycles. The van der Waals surface area contributed by atoms with E-state index in [1.807, 2.05) is 0 Å². The van der Waals surface area contributed by atoms with Crippen molar-refractivity contribution in [3.05, 3.63) is 51.8 Å². The number of hydrogen-bond acceptors (Lipinski definition) is 1. The van der Waals surface area contributed by atoms with E-state index in [1.165, 1.54) is 21.6 Å². The minimum absolute atomic E-state index is 0.0314. The number of nitrogens with two attached hydrogens (primary N) is 1. The highest BCUT2D eigenvalue weighted by Crippen LogP contribution is 2.47. The first kappa shape index (κ1) is 11.0. The molecule has 0 saturated heterocycles. The van der Waals surface area contributed by atoms with Crippen LogP contribution in [0.1, 0.15) is 17.5 Å². The number of allylic oxidation sites excluding steroid dienone is 2. The molecule has 2 heteroatoms. The summed E-state index contributed by atoms with van der Waals surface area (Å²) in [6.07, 6.45) is 4.54. The maximum absolute atomic E-state index is 5.94. The van der Waals surface area contributed by atoms with Crippen molar-refractivity contribution >= 4 is 21.9 Å². The number of hydrogen-bond donors (Lipinski definition) is 1. The smallest absolute Gasteiger partial charge is 0.00287 e. The maximum atomic E-state index is 5.94. The van der Waals surface area contributed by atoms with Gasteiger partial charge in [0, 0.05) is 5.92 Å². The van der Waals surface area contributed by atoms with Crippen molar-refractivity contribution in [1.29, 1.82) is 0 Å². The average molecular weight is 243 g/mol. The van der Waals surface area contributed by atoms with E-state index in [4.69, 9.17) is 5.73 Å². The van der Waals surface area contributed by atoms with Crippen LogP contribution in [0.25, 0.3) is 5.57 Å². The fraction of sp³-hybridized carbons (Fsp3) is 0.267. The van der Waals surface area contributed by atoms with Gasteiger partial charge in [0.05, 0.1) is 0 Å². The second-order valence-corrected chi connectivity index (χ2v) is 6.21. The van der Waals surface area contributed by atoms with Crippen molar-refractivity contribution in [1.82, 2.24) is 0 Å². The van der Waals surface area contributed by atoms with E-state index < -0.39 is 0 Å². The molecule has 3 rings (SSSR count). The van der Waals surface area contributed by atoms with Crippen molar-refractivity contribution in [3.8, 4) is 0 Å². The van der Waals surface area contributed by atoms with E-state index in [0.717, 1.165) is 19.4 Å². The monoisotopic (exact) mass is 243 g/mol. The fourth-order valence-electron chi connectivity index (χ4n) is 2.79. The third-order valence-corrected chi connectivity index (χ3v) is 5.25. The van der Waals surface area contributed by atoms with Gasteiger partial charge < -0.3 is 5.73 Å². The summed E-state index contributed by atoms with van der Waals surface area (Å²) < 4.78 is 0. The van der Waals surface area contributed by atoms with Gasteiger partial charge in [-0.25, -0.2) is 0 Å². The molecule has 2 unspecified atom stereocenters. The van der Waals surface area contributed by atoms with E-state index in [-0.39, 0.29) is 10.5 Å². The zero-order valence-corrected chi connectivity index (χ0v) is 10.7. The van der Waals surface area contributed by atoms with Crippen LogP contribution in [0.5, 0.6) is 0 Å². The highest BCUT2D eigenvalue weighted by molar-refractivity contribution is 8.20. The summed E-state index contributed by atoms with van der Waals surface area (Å²) in [6, 6.07) is 8.73. The third kappa shape index (κ3) is 1.72. The molecule has 1 aromatic carbocycles. The summed E-state index contributed by atoms with van der Waals surface area (Å²) in [7, 11) is 0.0314. The van der Waals surface area contributed by atoms with Gasteiger partial charge in [-0.3, -0.25) is 0 Å². The molecule has 0 saturated carbocycles. The normalized spacial score (nSPS) is 26.6. The summed E-state index contributed by atoms with van der Waals surface area (Å²) in [5.41, 5.74) is 10.2. The zero-order valence-electron chi connectivity index (χ0n) is 9.86. The highest BCUT2D eigenvalue weighted by atomic mass is 32.2. The van der Waals surface area contributed by atoms with Gasteiger partial charge in [-0.2, -0.15) is 0 Å². The Kier molecular flexibility index (Phi) is 2.77. The van der Waals surface area contributed by atoms with Crippen LogP contribution in [0.3, 0.4) is 0 Å². The summed E-state index contributed by atoms with van der Waals surface area (Å²) in [5, 5.41) is 2.23. The molecular weight excluding hydrogens is 226 g/mol. The Hall–Kier alpha value is -1.12. The number of aryl methyl sites for hydroxylation is 1. The lowest BCUT2D eigenvalue weighted by molar-refractivity contribution is 0.600. The van der Waals surface area contributed by atoms with E-state index in [0.29, 0.717) is 5.92 Å². The van der Waals surface area contributed by atoms with Gasteiger partial charge >= 0.3 is 0 Å². The molecular formula is C15H17NS. The van der Waals surface area contributed by atoms with Crippen molar-refractivity contribution in [2.75, 3.05) is 6.54 Å². The first-order valence-corrected chi connectivity index (χ1v) is 7.50. The van der Waals surface area contributed by atoms with Crippen LogP contribution in [0, 0.1) is 5.92 Å². The van der Waals surface area contributed by atoms with Crippen LogP contribution in [-0.2, 0) is 6.42 Å². The molecule has 0 radical (unpaired) electrons. The molecule has 0 amide bonds. The molecule has 2 atom stereocenters. The Bertz CT molecular complexity index is 540. The molecule has 88 valence electrons. The van der Waals surface area contributed by atoms with Gasteiger partial charge in [0.2, 0.25) is 0 Å². The molecule has 1 aromatic rings. The quantitative estimate of drug-likeness (QED) is 0.753. The lowest BCUT2D eigenvalue weighted by Gasteiger charge is -2.16. The maximum Gasteiger partial charge on any atom is 0.00287 e. The zero-order chi connectivity index (χ0) is 11.8. The van der Waals surface area contributed by atoms with Crippen LogP contribution < -0.4 is 5.73 Å². The Labute approximate surface area is 105 Å². The first-order valence-electron chi connectivity index (χ1n) is 6.04. The molecule has 1 aliphatic heterocycles. The number of benzene rings is 1. The van der Waals surface area contributed by atoms with Gasteiger partial charge in [-0.1, -0.05) is 30.1 Å². The Morgan fingerprint density at radius 2 is 2.18 bits per heavy atom. The lowest BCUT2D eigenvalue weighted by Crippen LogP contribution is -2.15. The average Bonchev–Trinajstić information content (AvgIpc) is 2.66. The summed E-state index contributed by atoms with van der Waals surface area (Å²) in [5.74, 6) is 4.77. The minimum Gasteiger partial charge on any atom is -0.330 e. The second-order valence-electron chi connectivity index (χ2n) is 4.64. The van der Waals surface area contributed by atoms with Gasteiger partial charge in [0.1, 0.15) is 0 Å². The molecule has 0 aromatic heterocycles. The Morgan fingerprint density at radius 3 is 3.00 bits per heavy atom. The lowest BCUT2D eigenvalue weighted by atomic mass is 9.99. The molecule has 1 nitrogen and oxygen atoms in total. The second kappa shape index (κ2) is 4.28. The van der Waals surface area contributed by atoms with E-state index in [2.05, 4.69) is 41.6 Å². The predicted octanol–water partition coefficient (Wildman–Crippen LogP) is 3.15. The molecule has 0 bridgehead atoms. The summed E-state index contributed by atoms with van der Waals surface area (Å²) in [6.45, 7) is 0.744. The van der Waals surface area contributed by atoms with E-state index >= 15 is 0 Å². The number of rotatable bonds is 1. The molecule has 2 aliphatic rings. The first-order chi connectivity index (χ1) is 8.31. The topological polar surface area (TPSA) is 26.0 Å². The van der Waals surface area contributed by atoms with Crippen LogP contribution >= 0.6 is 10.5 Å². The van der Waals surface area contributed by atoms with Crippen molar-refractivity contribution in [3.63, 3.8) is 0 Å². The van der Waals surface area contributed by atoms with Crippen LogP contribution in [0.2, 0.25) is 0 Å². The highest BCUT2D eigenvalue weighted by Gasteiger charge is 2.26. The standard InChI is InChI=1S/C15H17NS/c1-17-9-8-14-13-5-3-2-4-11(13)6-7-12(10-16)15(14)17/h2-5,8-9,12H,1,6-7,10,16H2. The van der Waals surface area contributed by atoms with Crippen LogP contribution in [0.15, 0.2) is 40.7 Å². The Morgan fingerprint density at radius 1 is 1.35 bits per heavy atom. The molecule has 2 N–H and O–H groups in total. The van der Waals surface area contributed by atoms with Crippen LogP contribution in [0.4, 0.5) is 0 Å². The summed E-state index contributed by atoms with van der Waals surface area (Å²) >= 11 is 0.